The number of nitrogens with one attached hydrogen (secondary N) is 1. The molecule has 0 radical (unpaired) electrons. The van der Waals surface area contributed by atoms with Gasteiger partial charge in [-0.3, -0.25) is 0 Å². The second-order valence-electron chi connectivity index (χ2n) is 4.84. The van der Waals surface area contributed by atoms with Crippen LogP contribution in [-0.2, 0) is 0 Å². The predicted molar refractivity (Wildman–Crippen MR) is 80.4 cm³/mol. The predicted octanol–water partition coefficient (Wildman–Crippen LogP) is 2.73. The van der Waals surface area contributed by atoms with Crippen molar-refractivity contribution in [3.63, 3.8) is 0 Å². The number of aromatic nitrogens is 1. The lowest BCUT2D eigenvalue weighted by atomic mass is 10.1. The highest BCUT2D eigenvalue weighted by atomic mass is 16.3. The van der Waals surface area contributed by atoms with Gasteiger partial charge in [0.25, 0.3) is 0 Å². The Kier molecular flexibility index (Phi) is 3.98. The lowest BCUT2D eigenvalue weighted by Gasteiger charge is -2.22. The number of hydrogen-bond donors (Lipinski definition) is 3. The van der Waals surface area contributed by atoms with Crippen molar-refractivity contribution in [3.05, 3.63) is 42.1 Å². The molecular formula is C15H19N3O2. The van der Waals surface area contributed by atoms with E-state index in [1.807, 2.05) is 38.1 Å². The van der Waals surface area contributed by atoms with Gasteiger partial charge in [0.2, 0.25) is 0 Å². The van der Waals surface area contributed by atoms with E-state index in [0.717, 1.165) is 11.5 Å². The molecule has 0 amide bonds. The van der Waals surface area contributed by atoms with Crippen molar-refractivity contribution < 1.29 is 10.2 Å². The molecule has 1 aromatic carbocycles. The highest BCUT2D eigenvalue weighted by Crippen LogP contribution is 2.35. The lowest BCUT2D eigenvalue weighted by Crippen LogP contribution is -2.15. The molecule has 106 valence electrons. The van der Waals surface area contributed by atoms with Crippen LogP contribution in [0.3, 0.4) is 0 Å². The molecular weight excluding hydrogens is 254 g/mol. The summed E-state index contributed by atoms with van der Waals surface area (Å²) >= 11 is 0. The Labute approximate surface area is 118 Å². The fourth-order valence-electron chi connectivity index (χ4n) is 2.16. The Morgan fingerprint density at radius 1 is 1.10 bits per heavy atom. The van der Waals surface area contributed by atoms with Crippen LogP contribution in [0.2, 0.25) is 0 Å². The van der Waals surface area contributed by atoms with Gasteiger partial charge in [0.1, 0.15) is 11.5 Å². The standard InChI is InChI=1S/C15H19N3O2/c1-10(14-12(19)7-4-8-13(14)20)17-11-6-5-9-16-15(11)18(2)3/h4-10,17,19-20H,1-3H3. The molecule has 0 fully saturated rings. The molecule has 5 nitrogen and oxygen atoms in total. The average molecular weight is 273 g/mol. The number of phenolic OH excluding ortho intramolecular Hbond substituents is 2. The van der Waals surface area contributed by atoms with Crippen molar-refractivity contribution in [2.75, 3.05) is 24.3 Å². The van der Waals surface area contributed by atoms with E-state index >= 15 is 0 Å². The molecule has 1 unspecified atom stereocenters. The van der Waals surface area contributed by atoms with Crippen molar-refractivity contribution in [2.24, 2.45) is 0 Å². The number of benzene rings is 1. The van der Waals surface area contributed by atoms with Crippen LogP contribution in [0.15, 0.2) is 36.5 Å². The Bertz CT molecular complexity index is 579. The molecule has 0 bridgehead atoms. The van der Waals surface area contributed by atoms with Crippen molar-refractivity contribution in [1.82, 2.24) is 4.98 Å². The summed E-state index contributed by atoms with van der Waals surface area (Å²) in [4.78, 5) is 6.21. The van der Waals surface area contributed by atoms with E-state index < -0.39 is 0 Å². The number of pyridine rings is 1. The fourth-order valence-corrected chi connectivity index (χ4v) is 2.16. The Morgan fingerprint density at radius 2 is 1.75 bits per heavy atom. The minimum atomic E-state index is -0.251. The van der Waals surface area contributed by atoms with Crippen molar-refractivity contribution in [1.29, 1.82) is 0 Å². The summed E-state index contributed by atoms with van der Waals surface area (Å²) in [5, 5.41) is 23.1. The molecule has 0 saturated heterocycles. The Hall–Kier alpha value is -2.43. The maximum absolute atomic E-state index is 9.89. The van der Waals surface area contributed by atoms with E-state index in [1.165, 1.54) is 0 Å². The SMILES string of the molecule is CC(Nc1cccnc1N(C)C)c1c(O)cccc1O. The molecule has 0 saturated carbocycles. The van der Waals surface area contributed by atoms with Crippen LogP contribution in [0.4, 0.5) is 11.5 Å². The van der Waals surface area contributed by atoms with Crippen LogP contribution in [-0.4, -0.2) is 29.3 Å². The van der Waals surface area contributed by atoms with Gasteiger partial charge in [0, 0.05) is 20.3 Å². The summed E-state index contributed by atoms with van der Waals surface area (Å²) in [5.41, 5.74) is 1.31. The number of nitrogens with zero attached hydrogens (tertiary/aromatic N) is 2. The summed E-state index contributed by atoms with van der Waals surface area (Å²) in [6.45, 7) is 1.88. The highest BCUT2D eigenvalue weighted by molar-refractivity contribution is 5.66. The number of rotatable bonds is 4. The second-order valence-corrected chi connectivity index (χ2v) is 4.84. The Balaban J connectivity index is 2.31. The van der Waals surface area contributed by atoms with Crippen molar-refractivity contribution in [3.8, 4) is 11.5 Å². The lowest BCUT2D eigenvalue weighted by molar-refractivity contribution is 0.434. The van der Waals surface area contributed by atoms with Crippen molar-refractivity contribution >= 4 is 11.5 Å². The van der Waals surface area contributed by atoms with Crippen LogP contribution < -0.4 is 10.2 Å². The molecule has 1 aromatic heterocycles. The van der Waals surface area contributed by atoms with Crippen LogP contribution >= 0.6 is 0 Å². The van der Waals surface area contributed by atoms with Gasteiger partial charge in [-0.1, -0.05) is 6.07 Å². The number of aromatic hydroxyl groups is 2. The average Bonchev–Trinajstić information content (AvgIpc) is 2.38. The van der Waals surface area contributed by atoms with E-state index in [9.17, 15) is 10.2 Å². The molecule has 1 atom stereocenters. The molecule has 2 rings (SSSR count). The minimum absolute atomic E-state index is 0.0697. The van der Waals surface area contributed by atoms with E-state index in [2.05, 4.69) is 10.3 Å². The number of anilines is 2. The summed E-state index contributed by atoms with van der Waals surface area (Å²) in [5.74, 6) is 0.940. The molecule has 0 aliphatic heterocycles. The summed E-state index contributed by atoms with van der Waals surface area (Å²) in [6.07, 6.45) is 1.72. The van der Waals surface area contributed by atoms with Gasteiger partial charge in [-0.15, -0.1) is 0 Å². The van der Waals surface area contributed by atoms with Crippen LogP contribution in [0, 0.1) is 0 Å². The van der Waals surface area contributed by atoms with E-state index in [4.69, 9.17) is 0 Å². The molecule has 2 aromatic rings. The molecule has 20 heavy (non-hydrogen) atoms. The number of hydrogen-bond acceptors (Lipinski definition) is 5. The quantitative estimate of drug-likeness (QED) is 0.799. The maximum Gasteiger partial charge on any atom is 0.151 e. The third-order valence-corrected chi connectivity index (χ3v) is 3.08. The molecule has 0 spiro atoms. The van der Waals surface area contributed by atoms with Crippen LogP contribution in [0.25, 0.3) is 0 Å². The normalized spacial score (nSPS) is 11.9. The summed E-state index contributed by atoms with van der Waals surface area (Å²) in [7, 11) is 3.82. The maximum atomic E-state index is 9.89. The first kappa shape index (κ1) is 14.0. The first-order chi connectivity index (χ1) is 9.50. The van der Waals surface area contributed by atoms with Gasteiger partial charge in [-0.05, 0) is 31.2 Å². The van der Waals surface area contributed by atoms with Gasteiger partial charge < -0.3 is 20.4 Å². The topological polar surface area (TPSA) is 68.6 Å². The largest absolute Gasteiger partial charge is 0.507 e. The van der Waals surface area contributed by atoms with Crippen molar-refractivity contribution in [2.45, 2.75) is 13.0 Å². The molecule has 3 N–H and O–H groups in total. The Morgan fingerprint density at radius 3 is 2.35 bits per heavy atom. The molecule has 0 aliphatic carbocycles. The highest BCUT2D eigenvalue weighted by Gasteiger charge is 2.16. The molecule has 0 aliphatic rings. The van der Waals surface area contributed by atoms with E-state index in [0.29, 0.717) is 5.56 Å². The third-order valence-electron chi connectivity index (χ3n) is 3.08. The first-order valence-electron chi connectivity index (χ1n) is 6.40. The zero-order valence-electron chi connectivity index (χ0n) is 11.8. The zero-order chi connectivity index (χ0) is 14.7. The van der Waals surface area contributed by atoms with Gasteiger partial charge in [-0.25, -0.2) is 4.98 Å². The first-order valence-corrected chi connectivity index (χ1v) is 6.40. The monoisotopic (exact) mass is 273 g/mol. The van der Waals surface area contributed by atoms with Crippen LogP contribution in [0.1, 0.15) is 18.5 Å². The summed E-state index contributed by atoms with van der Waals surface area (Å²) < 4.78 is 0. The third kappa shape index (κ3) is 2.77. The summed E-state index contributed by atoms with van der Waals surface area (Å²) in [6, 6.07) is 8.23. The zero-order valence-corrected chi connectivity index (χ0v) is 11.8. The van der Waals surface area contributed by atoms with E-state index in [1.54, 1.807) is 24.4 Å². The van der Waals surface area contributed by atoms with E-state index in [-0.39, 0.29) is 17.5 Å². The molecule has 5 heteroatoms. The molecule has 1 heterocycles. The minimum Gasteiger partial charge on any atom is -0.507 e. The van der Waals surface area contributed by atoms with Gasteiger partial charge in [-0.2, -0.15) is 0 Å². The number of phenols is 2. The smallest absolute Gasteiger partial charge is 0.151 e. The fraction of sp³-hybridized carbons (Fsp3) is 0.267. The second kappa shape index (κ2) is 5.69. The van der Waals surface area contributed by atoms with Crippen LogP contribution in [0.5, 0.6) is 11.5 Å². The van der Waals surface area contributed by atoms with Gasteiger partial charge in [0.05, 0.1) is 17.3 Å². The van der Waals surface area contributed by atoms with Gasteiger partial charge >= 0.3 is 0 Å². The van der Waals surface area contributed by atoms with Gasteiger partial charge in [0.15, 0.2) is 5.82 Å².